The first kappa shape index (κ1) is 55.0. The summed E-state index contributed by atoms with van der Waals surface area (Å²) in [5.74, 6) is -0.329. The molecular formula is C47H92NO7P. The lowest BCUT2D eigenvalue weighted by atomic mass is 10.0. The number of nitrogens with two attached hydrogens (primary N) is 1. The summed E-state index contributed by atoms with van der Waals surface area (Å²) in [5, 5.41) is 0. The van der Waals surface area contributed by atoms with Crippen LogP contribution in [0, 0.1) is 0 Å². The molecule has 0 aromatic heterocycles. The minimum atomic E-state index is -4.27. The molecule has 2 unspecified atom stereocenters. The van der Waals surface area contributed by atoms with Gasteiger partial charge in [-0.2, -0.15) is 0 Å². The highest BCUT2D eigenvalue weighted by Gasteiger charge is 2.25. The van der Waals surface area contributed by atoms with Gasteiger partial charge in [-0.1, -0.05) is 205 Å². The van der Waals surface area contributed by atoms with E-state index in [2.05, 4.69) is 38.2 Å². The maximum atomic E-state index is 12.6. The van der Waals surface area contributed by atoms with E-state index in [1.807, 2.05) is 0 Å². The summed E-state index contributed by atoms with van der Waals surface area (Å²) in [6.07, 6.45) is 50.6. The van der Waals surface area contributed by atoms with E-state index in [-0.39, 0.29) is 32.3 Å². The summed E-state index contributed by atoms with van der Waals surface area (Å²) >= 11 is 0. The summed E-state index contributed by atoms with van der Waals surface area (Å²) in [6, 6.07) is 0. The van der Waals surface area contributed by atoms with Crippen molar-refractivity contribution in [3.05, 3.63) is 24.3 Å². The van der Waals surface area contributed by atoms with E-state index in [0.29, 0.717) is 13.0 Å². The van der Waals surface area contributed by atoms with Gasteiger partial charge in [-0.25, -0.2) is 4.57 Å². The smallest absolute Gasteiger partial charge is 0.457 e. The van der Waals surface area contributed by atoms with Crippen molar-refractivity contribution in [2.24, 2.45) is 5.73 Å². The molecule has 0 heterocycles. The first-order chi connectivity index (χ1) is 27.4. The predicted molar refractivity (Wildman–Crippen MR) is 238 cm³/mol. The van der Waals surface area contributed by atoms with Gasteiger partial charge in [-0.15, -0.1) is 0 Å². The molecule has 0 saturated carbocycles. The van der Waals surface area contributed by atoms with Gasteiger partial charge in [0.15, 0.2) is 0 Å². The fraction of sp³-hybridized carbons (Fsp3) is 0.894. The van der Waals surface area contributed by atoms with E-state index in [1.165, 1.54) is 173 Å². The Bertz CT molecular complexity index is 915. The van der Waals surface area contributed by atoms with Crippen molar-refractivity contribution >= 4 is 13.8 Å². The number of ether oxygens (including phenoxy) is 2. The average Bonchev–Trinajstić information content (AvgIpc) is 3.19. The predicted octanol–water partition coefficient (Wildman–Crippen LogP) is 14.4. The molecule has 0 radical (unpaired) electrons. The lowest BCUT2D eigenvalue weighted by Gasteiger charge is -2.20. The van der Waals surface area contributed by atoms with E-state index in [4.69, 9.17) is 24.3 Å². The van der Waals surface area contributed by atoms with E-state index in [9.17, 15) is 14.3 Å². The molecule has 0 spiro atoms. The van der Waals surface area contributed by atoms with Crippen LogP contribution in [-0.2, 0) is 27.9 Å². The monoisotopic (exact) mass is 814 g/mol. The topological polar surface area (TPSA) is 117 Å². The Balaban J connectivity index is 3.93. The number of allylic oxidation sites excluding steroid dienone is 4. The molecule has 3 N–H and O–H groups in total. The van der Waals surface area contributed by atoms with Crippen molar-refractivity contribution in [2.75, 3.05) is 33.0 Å². The molecule has 9 heteroatoms. The number of phosphoric ester groups is 1. The second-order valence-corrected chi connectivity index (χ2v) is 17.4. The zero-order chi connectivity index (χ0) is 40.9. The third-order valence-corrected chi connectivity index (χ3v) is 11.4. The van der Waals surface area contributed by atoms with Gasteiger partial charge in [0.2, 0.25) is 0 Å². The van der Waals surface area contributed by atoms with Crippen molar-refractivity contribution in [1.29, 1.82) is 0 Å². The van der Waals surface area contributed by atoms with Gasteiger partial charge in [0, 0.05) is 19.6 Å². The molecule has 8 nitrogen and oxygen atoms in total. The number of esters is 1. The third kappa shape index (κ3) is 44.1. The minimum absolute atomic E-state index is 0.0934. The van der Waals surface area contributed by atoms with Crippen LogP contribution in [0.3, 0.4) is 0 Å². The van der Waals surface area contributed by atoms with E-state index in [1.54, 1.807) is 0 Å². The van der Waals surface area contributed by atoms with E-state index in [0.717, 1.165) is 38.5 Å². The molecule has 0 rings (SSSR count). The number of carbonyl (C=O) groups is 1. The number of phosphoric acid groups is 1. The second-order valence-electron chi connectivity index (χ2n) is 16.0. The summed E-state index contributed by atoms with van der Waals surface area (Å²) in [5.41, 5.74) is 5.38. The molecule has 0 aliphatic carbocycles. The Morgan fingerprint density at radius 2 is 0.946 bits per heavy atom. The molecule has 0 fully saturated rings. The Morgan fingerprint density at radius 3 is 1.39 bits per heavy atom. The van der Waals surface area contributed by atoms with Crippen LogP contribution in [0.15, 0.2) is 24.3 Å². The maximum Gasteiger partial charge on any atom is 0.472 e. The third-order valence-electron chi connectivity index (χ3n) is 10.4. The Hall–Kier alpha value is -1.02. The molecule has 332 valence electrons. The summed E-state index contributed by atoms with van der Waals surface area (Å²) in [6.45, 7) is 4.95. The van der Waals surface area contributed by atoms with Crippen molar-refractivity contribution in [1.82, 2.24) is 0 Å². The van der Waals surface area contributed by atoms with Gasteiger partial charge in [0.25, 0.3) is 0 Å². The van der Waals surface area contributed by atoms with Crippen LogP contribution in [-0.4, -0.2) is 49.9 Å². The van der Waals surface area contributed by atoms with Crippen molar-refractivity contribution in [2.45, 2.75) is 238 Å². The van der Waals surface area contributed by atoms with Gasteiger partial charge in [0.05, 0.1) is 19.8 Å². The summed E-state index contributed by atoms with van der Waals surface area (Å²) < 4.78 is 33.5. The number of rotatable bonds is 46. The van der Waals surface area contributed by atoms with Gasteiger partial charge >= 0.3 is 13.8 Å². The molecule has 0 amide bonds. The quantitative estimate of drug-likeness (QED) is 0.0270. The van der Waals surface area contributed by atoms with Gasteiger partial charge < -0.3 is 20.1 Å². The first-order valence-corrected chi connectivity index (χ1v) is 25.3. The van der Waals surface area contributed by atoms with E-state index >= 15 is 0 Å². The van der Waals surface area contributed by atoms with Crippen molar-refractivity contribution in [3.63, 3.8) is 0 Å². The van der Waals surface area contributed by atoms with Gasteiger partial charge in [-0.3, -0.25) is 13.8 Å². The van der Waals surface area contributed by atoms with Crippen LogP contribution >= 0.6 is 7.82 Å². The Labute approximate surface area is 346 Å². The highest BCUT2D eigenvalue weighted by atomic mass is 31.2. The van der Waals surface area contributed by atoms with Crippen LogP contribution in [0.5, 0.6) is 0 Å². The first-order valence-electron chi connectivity index (χ1n) is 23.8. The molecule has 0 aliphatic heterocycles. The molecule has 0 bridgehead atoms. The van der Waals surface area contributed by atoms with Gasteiger partial charge in [0.1, 0.15) is 6.10 Å². The van der Waals surface area contributed by atoms with Gasteiger partial charge in [-0.05, 0) is 44.9 Å². The number of hydrogen-bond acceptors (Lipinski definition) is 7. The van der Waals surface area contributed by atoms with Crippen LogP contribution < -0.4 is 5.73 Å². The highest BCUT2D eigenvalue weighted by molar-refractivity contribution is 7.47. The second kappa shape index (κ2) is 45.1. The normalized spacial score (nSPS) is 13.6. The number of unbranched alkanes of at least 4 members (excludes halogenated alkanes) is 29. The summed E-state index contributed by atoms with van der Waals surface area (Å²) in [7, 11) is -4.27. The van der Waals surface area contributed by atoms with E-state index < -0.39 is 13.9 Å². The fourth-order valence-corrected chi connectivity index (χ4v) is 7.62. The maximum absolute atomic E-state index is 12.6. The lowest BCUT2D eigenvalue weighted by molar-refractivity contribution is -0.154. The minimum Gasteiger partial charge on any atom is -0.457 e. The Kier molecular flexibility index (Phi) is 44.3. The molecule has 0 saturated heterocycles. The van der Waals surface area contributed by atoms with Crippen LogP contribution in [0.25, 0.3) is 0 Å². The Morgan fingerprint density at radius 1 is 0.536 bits per heavy atom. The molecular weight excluding hydrogens is 721 g/mol. The van der Waals surface area contributed by atoms with Crippen LogP contribution in [0.4, 0.5) is 0 Å². The van der Waals surface area contributed by atoms with Crippen LogP contribution in [0.1, 0.15) is 232 Å². The average molecular weight is 814 g/mol. The van der Waals surface area contributed by atoms with Crippen LogP contribution in [0.2, 0.25) is 0 Å². The SMILES string of the molecule is CCCCCCC/C=C\C/C=C\CCCCCCCCCCCCCC(=O)OC(COCCCCCCCCCCCCCCCC)COP(=O)(O)OCCN. The molecule has 0 aliphatic rings. The molecule has 0 aromatic carbocycles. The highest BCUT2D eigenvalue weighted by Crippen LogP contribution is 2.43. The molecule has 0 aromatic rings. The zero-order valence-electron chi connectivity index (χ0n) is 36.9. The molecule has 56 heavy (non-hydrogen) atoms. The number of hydrogen-bond donors (Lipinski definition) is 2. The standard InChI is InChI=1S/C47H92NO7P/c1-3-5-7-9-11-13-15-17-19-20-21-22-23-24-25-26-27-28-30-32-34-36-38-40-47(49)55-46(45-54-56(50,51)53-43-41-48)44-52-42-39-37-35-33-31-29-18-16-14-12-10-8-6-4-2/h15,17,20-21,46H,3-14,16,18-19,22-45,48H2,1-2H3,(H,50,51)/b17-15-,21-20-. The molecule has 2 atom stereocenters. The lowest BCUT2D eigenvalue weighted by Crippen LogP contribution is -2.28. The summed E-state index contributed by atoms with van der Waals surface area (Å²) in [4.78, 5) is 22.5. The largest absolute Gasteiger partial charge is 0.472 e. The van der Waals surface area contributed by atoms with Crippen molar-refractivity contribution < 1.29 is 32.8 Å². The fourth-order valence-electron chi connectivity index (χ4n) is 6.85. The van der Waals surface area contributed by atoms with Crippen molar-refractivity contribution in [3.8, 4) is 0 Å². The zero-order valence-corrected chi connectivity index (χ0v) is 37.8. The number of carbonyl (C=O) groups excluding carboxylic acids is 1.